The SMILES string of the molecule is COC(=O)CCCS(=O)(=O)Nc1ncccc1Br. The van der Waals surface area contributed by atoms with Gasteiger partial charge in [0.15, 0.2) is 5.82 Å². The number of rotatable bonds is 6. The second-order valence-corrected chi connectivity index (χ2v) is 6.13. The second kappa shape index (κ2) is 6.69. The fraction of sp³-hybridized carbons (Fsp3) is 0.400. The monoisotopic (exact) mass is 336 g/mol. The van der Waals surface area contributed by atoms with Gasteiger partial charge in [-0.2, -0.15) is 0 Å². The van der Waals surface area contributed by atoms with E-state index >= 15 is 0 Å². The molecule has 0 unspecified atom stereocenters. The highest BCUT2D eigenvalue weighted by Crippen LogP contribution is 2.19. The highest BCUT2D eigenvalue weighted by molar-refractivity contribution is 9.10. The summed E-state index contributed by atoms with van der Waals surface area (Å²) in [5.74, 6) is -0.356. The summed E-state index contributed by atoms with van der Waals surface area (Å²) in [5, 5.41) is 0. The Morgan fingerprint density at radius 1 is 1.56 bits per heavy atom. The Morgan fingerprint density at radius 3 is 2.89 bits per heavy atom. The predicted molar refractivity (Wildman–Crippen MR) is 70.6 cm³/mol. The van der Waals surface area contributed by atoms with Gasteiger partial charge in [0.1, 0.15) is 0 Å². The van der Waals surface area contributed by atoms with Crippen LogP contribution in [-0.2, 0) is 19.6 Å². The number of anilines is 1. The molecule has 0 fully saturated rings. The molecule has 0 saturated heterocycles. The van der Waals surface area contributed by atoms with Crippen molar-refractivity contribution in [3.05, 3.63) is 22.8 Å². The molecule has 8 heteroatoms. The number of ether oxygens (including phenoxy) is 1. The van der Waals surface area contributed by atoms with E-state index in [4.69, 9.17) is 0 Å². The van der Waals surface area contributed by atoms with Crippen molar-refractivity contribution in [2.45, 2.75) is 12.8 Å². The molecule has 1 aromatic heterocycles. The van der Waals surface area contributed by atoms with Crippen LogP contribution in [0.3, 0.4) is 0 Å². The van der Waals surface area contributed by atoms with Gasteiger partial charge in [-0.15, -0.1) is 0 Å². The van der Waals surface area contributed by atoms with Crippen molar-refractivity contribution in [2.24, 2.45) is 0 Å². The standard InChI is InChI=1S/C10H13BrN2O4S/c1-17-9(14)5-3-7-18(15,16)13-10-8(11)4-2-6-12-10/h2,4,6H,3,5,7H2,1H3,(H,12,13). The van der Waals surface area contributed by atoms with Gasteiger partial charge in [0.05, 0.1) is 17.3 Å². The minimum absolute atomic E-state index is 0.0702. The Kier molecular flexibility index (Phi) is 5.54. The number of sulfonamides is 1. The summed E-state index contributed by atoms with van der Waals surface area (Å²) in [6.07, 6.45) is 1.75. The van der Waals surface area contributed by atoms with E-state index in [0.717, 1.165) is 0 Å². The molecule has 0 bridgehead atoms. The van der Waals surface area contributed by atoms with Gasteiger partial charge >= 0.3 is 5.97 Å². The maximum absolute atomic E-state index is 11.7. The average molecular weight is 337 g/mol. The normalized spacial score (nSPS) is 11.0. The van der Waals surface area contributed by atoms with Gasteiger partial charge in [-0.25, -0.2) is 13.4 Å². The molecule has 0 spiro atoms. The van der Waals surface area contributed by atoms with Crippen LogP contribution in [0.5, 0.6) is 0 Å². The molecule has 1 heterocycles. The van der Waals surface area contributed by atoms with Crippen molar-refractivity contribution in [3.8, 4) is 0 Å². The molecule has 0 atom stereocenters. The third-order valence-corrected chi connectivity index (χ3v) is 4.00. The third-order valence-electron chi connectivity index (χ3n) is 2.03. The number of nitrogens with zero attached hydrogens (tertiary/aromatic N) is 1. The van der Waals surface area contributed by atoms with Crippen LogP contribution in [0.4, 0.5) is 5.82 Å². The lowest BCUT2D eigenvalue weighted by molar-refractivity contribution is -0.140. The Balaban J connectivity index is 2.55. The quantitative estimate of drug-likeness (QED) is 0.796. The second-order valence-electron chi connectivity index (χ2n) is 3.43. The highest BCUT2D eigenvalue weighted by Gasteiger charge is 2.13. The molecule has 0 radical (unpaired) electrons. The summed E-state index contributed by atoms with van der Waals surface area (Å²) in [6.45, 7) is 0. The smallest absolute Gasteiger partial charge is 0.305 e. The Morgan fingerprint density at radius 2 is 2.28 bits per heavy atom. The van der Waals surface area contributed by atoms with Gasteiger partial charge in [0, 0.05) is 12.6 Å². The van der Waals surface area contributed by atoms with E-state index in [1.165, 1.54) is 13.3 Å². The molecular weight excluding hydrogens is 324 g/mol. The van der Waals surface area contributed by atoms with Gasteiger partial charge in [-0.05, 0) is 34.5 Å². The molecule has 100 valence electrons. The number of halogens is 1. The summed E-state index contributed by atoms with van der Waals surface area (Å²) >= 11 is 3.19. The zero-order chi connectivity index (χ0) is 13.6. The van der Waals surface area contributed by atoms with E-state index in [-0.39, 0.29) is 24.4 Å². The van der Waals surface area contributed by atoms with Gasteiger partial charge in [-0.1, -0.05) is 0 Å². The van der Waals surface area contributed by atoms with E-state index < -0.39 is 16.0 Å². The number of methoxy groups -OCH3 is 1. The zero-order valence-corrected chi connectivity index (χ0v) is 12.1. The van der Waals surface area contributed by atoms with Gasteiger partial charge in [0.2, 0.25) is 10.0 Å². The van der Waals surface area contributed by atoms with Crippen molar-refractivity contribution in [1.29, 1.82) is 0 Å². The topological polar surface area (TPSA) is 85.4 Å². The third kappa shape index (κ3) is 5.01. The number of hydrogen-bond donors (Lipinski definition) is 1. The van der Waals surface area contributed by atoms with Crippen molar-refractivity contribution >= 4 is 37.7 Å². The molecule has 6 nitrogen and oxygen atoms in total. The van der Waals surface area contributed by atoms with Crippen molar-refractivity contribution < 1.29 is 17.9 Å². The van der Waals surface area contributed by atoms with Crippen molar-refractivity contribution in [2.75, 3.05) is 17.6 Å². The number of esters is 1. The summed E-state index contributed by atoms with van der Waals surface area (Å²) in [5.41, 5.74) is 0. The Hall–Kier alpha value is -1.15. The molecule has 0 aliphatic rings. The first-order chi connectivity index (χ1) is 8.44. The molecule has 0 aliphatic carbocycles. The van der Waals surface area contributed by atoms with Crippen molar-refractivity contribution in [1.82, 2.24) is 4.98 Å². The minimum atomic E-state index is -3.51. The largest absolute Gasteiger partial charge is 0.469 e. The van der Waals surface area contributed by atoms with Crippen molar-refractivity contribution in [3.63, 3.8) is 0 Å². The predicted octanol–water partition coefficient (Wildman–Crippen LogP) is 1.54. The summed E-state index contributed by atoms with van der Waals surface area (Å²) in [4.78, 5) is 14.7. The number of aromatic nitrogens is 1. The fourth-order valence-electron chi connectivity index (χ4n) is 1.17. The molecule has 1 aromatic rings. The van der Waals surface area contributed by atoms with Crippen LogP contribution in [0, 0.1) is 0 Å². The fourth-order valence-corrected chi connectivity index (χ4v) is 2.74. The van der Waals surface area contributed by atoms with E-state index in [0.29, 0.717) is 4.47 Å². The average Bonchev–Trinajstić information content (AvgIpc) is 2.31. The van der Waals surface area contributed by atoms with Crippen LogP contribution < -0.4 is 4.72 Å². The van der Waals surface area contributed by atoms with E-state index in [2.05, 4.69) is 30.4 Å². The van der Waals surface area contributed by atoms with Gasteiger partial charge in [-0.3, -0.25) is 9.52 Å². The molecule has 0 aromatic carbocycles. The summed E-state index contributed by atoms with van der Waals surface area (Å²) in [6, 6.07) is 3.36. The summed E-state index contributed by atoms with van der Waals surface area (Å²) < 4.78 is 30.7. The summed E-state index contributed by atoms with van der Waals surface area (Å²) in [7, 11) is -2.25. The minimum Gasteiger partial charge on any atom is -0.469 e. The molecule has 0 amide bonds. The molecule has 1 rings (SSSR count). The lowest BCUT2D eigenvalue weighted by Gasteiger charge is -2.07. The first-order valence-electron chi connectivity index (χ1n) is 5.12. The highest BCUT2D eigenvalue weighted by atomic mass is 79.9. The van der Waals surface area contributed by atoms with Gasteiger partial charge in [0.25, 0.3) is 0 Å². The molecular formula is C10H13BrN2O4S. The van der Waals surface area contributed by atoms with Gasteiger partial charge < -0.3 is 4.74 Å². The first kappa shape index (κ1) is 14.9. The van der Waals surface area contributed by atoms with Crippen LogP contribution in [0.25, 0.3) is 0 Å². The Labute approximate surface area is 114 Å². The maximum Gasteiger partial charge on any atom is 0.305 e. The van der Waals surface area contributed by atoms with E-state index in [1.807, 2.05) is 0 Å². The maximum atomic E-state index is 11.7. The van der Waals surface area contributed by atoms with Crippen LogP contribution >= 0.6 is 15.9 Å². The number of hydrogen-bond acceptors (Lipinski definition) is 5. The zero-order valence-electron chi connectivity index (χ0n) is 9.72. The first-order valence-corrected chi connectivity index (χ1v) is 7.57. The number of nitrogens with one attached hydrogen (secondary N) is 1. The Bertz CT molecular complexity index is 518. The molecule has 1 N–H and O–H groups in total. The van der Waals surface area contributed by atoms with Crippen LogP contribution in [0.15, 0.2) is 22.8 Å². The van der Waals surface area contributed by atoms with E-state index in [1.54, 1.807) is 12.1 Å². The molecule has 18 heavy (non-hydrogen) atoms. The lowest BCUT2D eigenvalue weighted by atomic mass is 10.3. The van der Waals surface area contributed by atoms with E-state index in [9.17, 15) is 13.2 Å². The van der Waals surface area contributed by atoms with Crippen LogP contribution in [0.2, 0.25) is 0 Å². The van der Waals surface area contributed by atoms with Crippen LogP contribution in [0.1, 0.15) is 12.8 Å². The lowest BCUT2D eigenvalue weighted by Crippen LogP contribution is -2.18. The van der Waals surface area contributed by atoms with Crippen LogP contribution in [-0.4, -0.2) is 32.2 Å². The molecule has 0 aliphatic heterocycles. The number of carbonyl (C=O) groups excluding carboxylic acids is 1. The number of pyridine rings is 1. The number of carbonyl (C=O) groups is 1. The molecule has 0 saturated carbocycles.